The Morgan fingerprint density at radius 1 is 1.67 bits per heavy atom. The molecule has 0 aliphatic carbocycles. The van der Waals surface area contributed by atoms with Gasteiger partial charge in [0.15, 0.2) is 11.6 Å². The molecule has 15 heavy (non-hydrogen) atoms. The van der Waals surface area contributed by atoms with E-state index in [1.54, 1.807) is 6.92 Å². The summed E-state index contributed by atoms with van der Waals surface area (Å²) < 4.78 is 18.4. The first-order valence-electron chi connectivity index (χ1n) is 4.41. The standard InChI is InChI=1S/C10H13ClFNO2/c1-5-6(11)3-7(12)10(15-2)9(5)8(13)4-14/h3,8,14H,4,13H2,1-2H3. The van der Waals surface area contributed by atoms with E-state index in [9.17, 15) is 4.39 Å². The summed E-state index contributed by atoms with van der Waals surface area (Å²) in [6, 6.07) is 0.469. The summed E-state index contributed by atoms with van der Waals surface area (Å²) in [7, 11) is 1.35. The second-order valence-electron chi connectivity index (χ2n) is 3.20. The van der Waals surface area contributed by atoms with Gasteiger partial charge < -0.3 is 15.6 Å². The molecule has 3 nitrogen and oxygen atoms in total. The van der Waals surface area contributed by atoms with Crippen LogP contribution in [0.15, 0.2) is 6.07 Å². The lowest BCUT2D eigenvalue weighted by Gasteiger charge is -2.17. The zero-order valence-corrected chi connectivity index (χ0v) is 9.31. The maximum atomic E-state index is 13.4. The molecular weight excluding hydrogens is 221 g/mol. The van der Waals surface area contributed by atoms with Gasteiger partial charge in [0.25, 0.3) is 0 Å². The summed E-state index contributed by atoms with van der Waals surface area (Å²) in [5.74, 6) is -0.537. The molecule has 0 aliphatic heterocycles. The van der Waals surface area contributed by atoms with Crippen LogP contribution in [0.4, 0.5) is 4.39 Å². The van der Waals surface area contributed by atoms with E-state index in [0.29, 0.717) is 11.1 Å². The SMILES string of the molecule is COc1c(F)cc(Cl)c(C)c1C(N)CO. The zero-order valence-electron chi connectivity index (χ0n) is 8.55. The van der Waals surface area contributed by atoms with Crippen molar-refractivity contribution in [3.05, 3.63) is 28.0 Å². The number of benzene rings is 1. The molecule has 1 aromatic rings. The number of ether oxygens (including phenoxy) is 1. The Morgan fingerprint density at radius 3 is 2.73 bits per heavy atom. The zero-order chi connectivity index (χ0) is 11.6. The second kappa shape index (κ2) is 4.79. The van der Waals surface area contributed by atoms with Crippen molar-refractivity contribution in [3.63, 3.8) is 0 Å². The summed E-state index contributed by atoms with van der Waals surface area (Å²) in [5, 5.41) is 9.24. The number of rotatable bonds is 3. The quantitative estimate of drug-likeness (QED) is 0.837. The van der Waals surface area contributed by atoms with Gasteiger partial charge in [-0.15, -0.1) is 0 Å². The van der Waals surface area contributed by atoms with Crippen molar-refractivity contribution < 1.29 is 14.2 Å². The molecule has 0 spiro atoms. The molecule has 5 heteroatoms. The normalized spacial score (nSPS) is 12.7. The van der Waals surface area contributed by atoms with Gasteiger partial charge in [-0.3, -0.25) is 0 Å². The maximum absolute atomic E-state index is 13.4. The lowest BCUT2D eigenvalue weighted by molar-refractivity contribution is 0.263. The number of hydrogen-bond donors (Lipinski definition) is 2. The molecule has 0 radical (unpaired) electrons. The number of aliphatic hydroxyl groups excluding tert-OH is 1. The summed E-state index contributed by atoms with van der Waals surface area (Å²) in [4.78, 5) is 0. The van der Waals surface area contributed by atoms with Gasteiger partial charge >= 0.3 is 0 Å². The molecule has 0 aliphatic rings. The summed E-state index contributed by atoms with van der Waals surface area (Å²) >= 11 is 5.82. The van der Waals surface area contributed by atoms with Crippen LogP contribution < -0.4 is 10.5 Å². The molecule has 0 aromatic heterocycles. The minimum atomic E-state index is -0.701. The smallest absolute Gasteiger partial charge is 0.166 e. The van der Waals surface area contributed by atoms with Gasteiger partial charge in [-0.05, 0) is 18.6 Å². The van der Waals surface area contributed by atoms with Crippen LogP contribution in [0.3, 0.4) is 0 Å². The van der Waals surface area contributed by atoms with E-state index in [2.05, 4.69) is 0 Å². The molecule has 0 saturated heterocycles. The van der Waals surface area contributed by atoms with Gasteiger partial charge in [0, 0.05) is 10.6 Å². The summed E-state index contributed by atoms with van der Waals surface area (Å²) in [5.41, 5.74) is 6.68. The maximum Gasteiger partial charge on any atom is 0.166 e. The highest BCUT2D eigenvalue weighted by molar-refractivity contribution is 6.31. The lowest BCUT2D eigenvalue weighted by Crippen LogP contribution is -2.17. The highest BCUT2D eigenvalue weighted by Gasteiger charge is 2.20. The Morgan fingerprint density at radius 2 is 2.27 bits per heavy atom. The molecule has 1 aromatic carbocycles. The first-order chi connectivity index (χ1) is 7.02. The van der Waals surface area contributed by atoms with Gasteiger partial charge in [0.05, 0.1) is 19.8 Å². The van der Waals surface area contributed by atoms with Crippen LogP contribution in [0.2, 0.25) is 5.02 Å². The van der Waals surface area contributed by atoms with E-state index in [1.807, 2.05) is 0 Å². The van der Waals surface area contributed by atoms with E-state index in [-0.39, 0.29) is 17.4 Å². The van der Waals surface area contributed by atoms with E-state index >= 15 is 0 Å². The van der Waals surface area contributed by atoms with Crippen molar-refractivity contribution in [1.29, 1.82) is 0 Å². The summed E-state index contributed by atoms with van der Waals surface area (Å²) in [6.07, 6.45) is 0. The Hall–Kier alpha value is -0.840. The fraction of sp³-hybridized carbons (Fsp3) is 0.400. The second-order valence-corrected chi connectivity index (χ2v) is 3.61. The number of halogens is 2. The molecule has 1 unspecified atom stereocenters. The number of methoxy groups -OCH3 is 1. The van der Waals surface area contributed by atoms with Crippen LogP contribution in [0.5, 0.6) is 5.75 Å². The molecule has 1 atom stereocenters. The Bertz CT molecular complexity index is 371. The van der Waals surface area contributed by atoms with Crippen LogP contribution in [0, 0.1) is 12.7 Å². The molecule has 0 heterocycles. The first kappa shape index (κ1) is 12.2. The topological polar surface area (TPSA) is 55.5 Å². The van der Waals surface area contributed by atoms with Crippen molar-refractivity contribution in [2.75, 3.05) is 13.7 Å². The van der Waals surface area contributed by atoms with Crippen LogP contribution in [-0.4, -0.2) is 18.8 Å². The predicted octanol–water partition coefficient (Wildman–Crippen LogP) is 1.79. The Kier molecular flexibility index (Phi) is 3.90. The van der Waals surface area contributed by atoms with Gasteiger partial charge in [-0.1, -0.05) is 11.6 Å². The third-order valence-electron chi connectivity index (χ3n) is 2.25. The van der Waals surface area contributed by atoms with Crippen LogP contribution in [0.25, 0.3) is 0 Å². The number of nitrogens with two attached hydrogens (primary N) is 1. The third kappa shape index (κ3) is 2.22. The van der Waals surface area contributed by atoms with E-state index in [0.717, 1.165) is 0 Å². The monoisotopic (exact) mass is 233 g/mol. The molecule has 0 bridgehead atoms. The van der Waals surface area contributed by atoms with Crippen molar-refractivity contribution in [2.24, 2.45) is 5.73 Å². The first-order valence-corrected chi connectivity index (χ1v) is 4.79. The van der Waals surface area contributed by atoms with Crippen LogP contribution in [-0.2, 0) is 0 Å². The number of hydrogen-bond acceptors (Lipinski definition) is 3. The van der Waals surface area contributed by atoms with E-state index in [1.165, 1.54) is 13.2 Å². The van der Waals surface area contributed by atoms with Gasteiger partial charge in [0.2, 0.25) is 0 Å². The Balaban J connectivity index is 3.43. The Labute approximate surface area is 92.6 Å². The molecule has 0 fully saturated rings. The van der Waals surface area contributed by atoms with Crippen molar-refractivity contribution in [1.82, 2.24) is 0 Å². The minimum Gasteiger partial charge on any atom is -0.493 e. The van der Waals surface area contributed by atoms with Gasteiger partial charge in [-0.2, -0.15) is 0 Å². The van der Waals surface area contributed by atoms with Crippen molar-refractivity contribution >= 4 is 11.6 Å². The molecule has 0 saturated carbocycles. The fourth-order valence-electron chi connectivity index (χ4n) is 1.46. The lowest BCUT2D eigenvalue weighted by atomic mass is 10.0. The van der Waals surface area contributed by atoms with Crippen LogP contribution >= 0.6 is 11.6 Å². The van der Waals surface area contributed by atoms with Gasteiger partial charge in [-0.25, -0.2) is 4.39 Å². The van der Waals surface area contributed by atoms with Crippen LogP contribution in [0.1, 0.15) is 17.2 Å². The van der Waals surface area contributed by atoms with Gasteiger partial charge in [0.1, 0.15) is 0 Å². The van der Waals surface area contributed by atoms with E-state index in [4.69, 9.17) is 27.2 Å². The predicted molar refractivity (Wildman–Crippen MR) is 56.7 cm³/mol. The van der Waals surface area contributed by atoms with Crippen molar-refractivity contribution in [3.8, 4) is 5.75 Å². The highest BCUT2D eigenvalue weighted by Crippen LogP contribution is 2.34. The average Bonchev–Trinajstić information content (AvgIpc) is 2.21. The molecular formula is C10H13ClFNO2. The third-order valence-corrected chi connectivity index (χ3v) is 2.64. The highest BCUT2D eigenvalue weighted by atomic mass is 35.5. The summed E-state index contributed by atoms with van der Waals surface area (Å²) in [6.45, 7) is 1.41. The van der Waals surface area contributed by atoms with E-state index < -0.39 is 11.9 Å². The molecule has 0 amide bonds. The molecule has 1 rings (SSSR count). The largest absolute Gasteiger partial charge is 0.493 e. The van der Waals surface area contributed by atoms with Crippen molar-refractivity contribution in [2.45, 2.75) is 13.0 Å². The molecule has 3 N–H and O–H groups in total. The number of aliphatic hydroxyl groups is 1. The minimum absolute atomic E-state index is 0.0402. The average molecular weight is 234 g/mol. The fourth-order valence-corrected chi connectivity index (χ4v) is 1.66. The molecule has 84 valence electrons.